The third-order valence-corrected chi connectivity index (χ3v) is 3.01. The number of urea groups is 1. The highest BCUT2D eigenvalue weighted by molar-refractivity contribution is 5.99. The maximum Gasteiger partial charge on any atom is 0.324 e. The van der Waals surface area contributed by atoms with Crippen LogP contribution in [0, 0.1) is 0 Å². The van der Waals surface area contributed by atoms with Crippen LogP contribution >= 0.6 is 0 Å². The minimum Gasteiger partial charge on any atom is -0.308 e. The van der Waals surface area contributed by atoms with Crippen molar-refractivity contribution < 1.29 is 4.79 Å². The second kappa shape index (κ2) is 6.49. The molecule has 0 fully saturated rings. The number of para-hydroxylation sites is 1. The first-order valence-electron chi connectivity index (χ1n) is 6.83. The molecular weight excluding hydrogens is 276 g/mol. The lowest BCUT2D eigenvalue weighted by Gasteiger charge is -2.07. The largest absolute Gasteiger partial charge is 0.324 e. The third-order valence-electron chi connectivity index (χ3n) is 3.01. The Morgan fingerprint density at radius 2 is 1.41 bits per heavy atom. The summed E-state index contributed by atoms with van der Waals surface area (Å²) in [6.45, 7) is 0. The maximum atomic E-state index is 11.8. The number of amides is 2. The predicted octanol–water partition coefficient (Wildman–Crippen LogP) is 3.79. The van der Waals surface area contributed by atoms with Crippen molar-refractivity contribution >= 4 is 17.5 Å². The Balaban J connectivity index is 1.65. The number of rotatable bonds is 3. The van der Waals surface area contributed by atoms with Crippen LogP contribution < -0.4 is 10.6 Å². The van der Waals surface area contributed by atoms with E-state index in [-0.39, 0.29) is 6.03 Å². The first-order chi connectivity index (χ1) is 10.8. The lowest BCUT2D eigenvalue weighted by molar-refractivity contribution is 0.262. The Morgan fingerprint density at radius 1 is 0.727 bits per heavy atom. The molecule has 0 saturated carbocycles. The average Bonchev–Trinajstić information content (AvgIpc) is 2.57. The summed E-state index contributed by atoms with van der Waals surface area (Å²) in [5.41, 5.74) is 2.46. The first kappa shape index (κ1) is 13.8. The number of nitrogens with zero attached hydrogens (tertiary/aromatic N) is 2. The number of nitrogens with one attached hydrogen (secondary N) is 2. The molecule has 5 heteroatoms. The molecule has 2 aromatic carbocycles. The Kier molecular flexibility index (Phi) is 4.06. The summed E-state index contributed by atoms with van der Waals surface area (Å²) in [5.74, 6) is 0.396. The van der Waals surface area contributed by atoms with E-state index >= 15 is 0 Å². The van der Waals surface area contributed by atoms with Crippen molar-refractivity contribution in [2.75, 3.05) is 10.6 Å². The summed E-state index contributed by atoms with van der Waals surface area (Å²) in [7, 11) is 0. The van der Waals surface area contributed by atoms with E-state index in [1.165, 1.54) is 0 Å². The van der Waals surface area contributed by atoms with Gasteiger partial charge in [0, 0.05) is 11.3 Å². The molecule has 0 saturated heterocycles. The standard InChI is InChI=1S/C17H14N4O/c22-17(18-14-9-5-2-6-10-14)19-16-12-11-15(20-21-16)13-7-3-1-4-8-13/h1-12H,(H2,18,19,21,22). The van der Waals surface area contributed by atoms with E-state index in [1.54, 1.807) is 6.07 Å². The van der Waals surface area contributed by atoms with Gasteiger partial charge in [-0.15, -0.1) is 10.2 Å². The molecule has 3 aromatic rings. The highest BCUT2D eigenvalue weighted by Gasteiger charge is 2.05. The zero-order valence-electron chi connectivity index (χ0n) is 11.7. The Bertz CT molecular complexity index is 743. The van der Waals surface area contributed by atoms with Gasteiger partial charge in [0.05, 0.1) is 5.69 Å². The summed E-state index contributed by atoms with van der Waals surface area (Å²) in [5, 5.41) is 13.5. The molecule has 5 nitrogen and oxygen atoms in total. The number of aromatic nitrogens is 2. The van der Waals surface area contributed by atoms with Crippen LogP contribution in [0.15, 0.2) is 72.8 Å². The van der Waals surface area contributed by atoms with Gasteiger partial charge in [0.2, 0.25) is 0 Å². The minimum absolute atomic E-state index is 0.354. The van der Waals surface area contributed by atoms with Gasteiger partial charge in [0.15, 0.2) is 5.82 Å². The predicted molar refractivity (Wildman–Crippen MR) is 86.6 cm³/mol. The van der Waals surface area contributed by atoms with Crippen LogP contribution in [0.4, 0.5) is 16.3 Å². The van der Waals surface area contributed by atoms with E-state index in [2.05, 4.69) is 20.8 Å². The van der Waals surface area contributed by atoms with Crippen LogP contribution in [0.3, 0.4) is 0 Å². The van der Waals surface area contributed by atoms with Gasteiger partial charge in [0.1, 0.15) is 0 Å². The van der Waals surface area contributed by atoms with Crippen LogP contribution in [0.25, 0.3) is 11.3 Å². The summed E-state index contributed by atoms with van der Waals surface area (Å²) in [6, 6.07) is 22.1. The van der Waals surface area contributed by atoms with E-state index < -0.39 is 0 Å². The zero-order valence-corrected chi connectivity index (χ0v) is 11.7. The Morgan fingerprint density at radius 3 is 2.05 bits per heavy atom. The fraction of sp³-hybridized carbons (Fsp3) is 0. The van der Waals surface area contributed by atoms with Gasteiger partial charge in [-0.25, -0.2) is 4.79 Å². The lowest BCUT2D eigenvalue weighted by atomic mass is 10.1. The fourth-order valence-electron chi connectivity index (χ4n) is 1.96. The van der Waals surface area contributed by atoms with Crippen molar-refractivity contribution in [3.05, 3.63) is 72.8 Å². The van der Waals surface area contributed by atoms with Crippen molar-refractivity contribution in [2.24, 2.45) is 0 Å². The van der Waals surface area contributed by atoms with Gasteiger partial charge >= 0.3 is 6.03 Å². The maximum absolute atomic E-state index is 11.8. The molecule has 0 radical (unpaired) electrons. The molecule has 2 amide bonds. The van der Waals surface area contributed by atoms with Crippen LogP contribution in [-0.4, -0.2) is 16.2 Å². The molecule has 0 atom stereocenters. The van der Waals surface area contributed by atoms with Crippen molar-refractivity contribution in [1.29, 1.82) is 0 Å². The Labute approximate surface area is 128 Å². The summed E-state index contributed by atoms with van der Waals surface area (Å²) >= 11 is 0. The molecule has 0 aliphatic rings. The average molecular weight is 290 g/mol. The normalized spacial score (nSPS) is 10.0. The number of carbonyl (C=O) groups excluding carboxylic acids is 1. The molecular formula is C17H14N4O. The molecule has 0 unspecified atom stereocenters. The monoisotopic (exact) mass is 290 g/mol. The van der Waals surface area contributed by atoms with E-state index in [4.69, 9.17) is 0 Å². The van der Waals surface area contributed by atoms with Crippen LogP contribution in [0.1, 0.15) is 0 Å². The van der Waals surface area contributed by atoms with Crippen molar-refractivity contribution in [2.45, 2.75) is 0 Å². The van der Waals surface area contributed by atoms with Gasteiger partial charge in [-0.3, -0.25) is 5.32 Å². The van der Waals surface area contributed by atoms with Gasteiger partial charge in [-0.1, -0.05) is 48.5 Å². The number of carbonyl (C=O) groups is 1. The van der Waals surface area contributed by atoms with Gasteiger partial charge in [0.25, 0.3) is 0 Å². The number of anilines is 2. The van der Waals surface area contributed by atoms with E-state index in [9.17, 15) is 4.79 Å². The van der Waals surface area contributed by atoms with E-state index in [0.717, 1.165) is 11.3 Å². The minimum atomic E-state index is -0.354. The molecule has 0 aliphatic heterocycles. The number of benzene rings is 2. The third kappa shape index (κ3) is 3.46. The van der Waals surface area contributed by atoms with Crippen LogP contribution in [0.5, 0.6) is 0 Å². The molecule has 2 N–H and O–H groups in total. The molecule has 22 heavy (non-hydrogen) atoms. The molecule has 0 aliphatic carbocycles. The van der Waals surface area contributed by atoms with E-state index in [0.29, 0.717) is 11.5 Å². The first-order valence-corrected chi connectivity index (χ1v) is 6.83. The highest BCUT2D eigenvalue weighted by atomic mass is 16.2. The number of hydrogen-bond acceptors (Lipinski definition) is 3. The van der Waals surface area contributed by atoms with Crippen LogP contribution in [0.2, 0.25) is 0 Å². The Hall–Kier alpha value is -3.21. The van der Waals surface area contributed by atoms with Crippen LogP contribution in [-0.2, 0) is 0 Å². The summed E-state index contributed by atoms with van der Waals surface area (Å²) < 4.78 is 0. The van der Waals surface area contributed by atoms with Gasteiger partial charge in [-0.2, -0.15) is 0 Å². The SMILES string of the molecule is O=C(Nc1ccccc1)Nc1ccc(-c2ccccc2)nn1. The van der Waals surface area contributed by atoms with Gasteiger partial charge < -0.3 is 5.32 Å². The molecule has 108 valence electrons. The molecule has 3 rings (SSSR count). The van der Waals surface area contributed by atoms with Crippen molar-refractivity contribution in [1.82, 2.24) is 10.2 Å². The summed E-state index contributed by atoms with van der Waals surface area (Å²) in [6.07, 6.45) is 0. The highest BCUT2D eigenvalue weighted by Crippen LogP contribution is 2.16. The quantitative estimate of drug-likeness (QED) is 0.771. The topological polar surface area (TPSA) is 66.9 Å². The van der Waals surface area contributed by atoms with Crippen molar-refractivity contribution in [3.8, 4) is 11.3 Å². The molecule has 1 aromatic heterocycles. The fourth-order valence-corrected chi connectivity index (χ4v) is 1.96. The second-order valence-corrected chi connectivity index (χ2v) is 4.61. The molecule has 0 bridgehead atoms. The second-order valence-electron chi connectivity index (χ2n) is 4.61. The summed E-state index contributed by atoms with van der Waals surface area (Å²) in [4.78, 5) is 11.8. The van der Waals surface area contributed by atoms with Gasteiger partial charge in [-0.05, 0) is 24.3 Å². The molecule has 0 spiro atoms. The molecule has 1 heterocycles. The van der Waals surface area contributed by atoms with E-state index in [1.807, 2.05) is 66.7 Å². The smallest absolute Gasteiger partial charge is 0.308 e. The van der Waals surface area contributed by atoms with Crippen molar-refractivity contribution in [3.63, 3.8) is 0 Å². The number of hydrogen-bond donors (Lipinski definition) is 2. The zero-order chi connectivity index (χ0) is 15.2. The lowest BCUT2D eigenvalue weighted by Crippen LogP contribution is -2.20.